The number of ether oxygens (including phenoxy) is 2. The van der Waals surface area contributed by atoms with Gasteiger partial charge in [-0.05, 0) is 38.3 Å². The van der Waals surface area contributed by atoms with Crippen LogP contribution in [0.5, 0.6) is 11.8 Å². The lowest BCUT2D eigenvalue weighted by atomic mass is 9.93. The molecule has 2 N–H and O–H groups in total. The number of carbonyl (C=O) groups excluding carboxylic acids is 1. The molecule has 1 aliphatic heterocycles. The SMILES string of the molecule is COc1cc(OC)nc(NC(=O)CCC2CCNCC2)n1. The number of anilines is 1. The topological polar surface area (TPSA) is 85.4 Å². The van der Waals surface area contributed by atoms with Crippen LogP contribution in [0.25, 0.3) is 0 Å². The maximum atomic E-state index is 12.0. The number of nitrogens with one attached hydrogen (secondary N) is 2. The summed E-state index contributed by atoms with van der Waals surface area (Å²) in [5.74, 6) is 1.47. The predicted molar refractivity (Wildman–Crippen MR) is 78.6 cm³/mol. The molecular weight excluding hydrogens is 272 g/mol. The predicted octanol–water partition coefficient (Wildman–Crippen LogP) is 1.21. The van der Waals surface area contributed by atoms with E-state index >= 15 is 0 Å². The lowest BCUT2D eigenvalue weighted by Gasteiger charge is -2.22. The zero-order valence-electron chi connectivity index (χ0n) is 12.5. The molecule has 1 fully saturated rings. The number of piperidine rings is 1. The first-order valence-electron chi connectivity index (χ1n) is 7.19. The first kappa shape index (κ1) is 15.5. The normalized spacial score (nSPS) is 15.5. The number of amides is 1. The number of methoxy groups -OCH3 is 2. The van der Waals surface area contributed by atoms with Crippen LogP contribution in [-0.2, 0) is 4.79 Å². The fraction of sp³-hybridized carbons (Fsp3) is 0.643. The molecule has 7 nitrogen and oxygen atoms in total. The summed E-state index contributed by atoms with van der Waals surface area (Å²) < 4.78 is 10.1. The molecule has 0 unspecified atom stereocenters. The van der Waals surface area contributed by atoms with Crippen LogP contribution in [-0.4, -0.2) is 43.2 Å². The Morgan fingerprint density at radius 3 is 2.48 bits per heavy atom. The summed E-state index contributed by atoms with van der Waals surface area (Å²) >= 11 is 0. The van der Waals surface area contributed by atoms with Gasteiger partial charge in [-0.3, -0.25) is 10.1 Å². The standard InChI is InChI=1S/C14H22N4O3/c1-20-12-9-13(21-2)18-14(17-12)16-11(19)4-3-10-5-7-15-8-6-10/h9-10,15H,3-8H2,1-2H3,(H,16,17,18,19). The Balaban J connectivity index is 1.86. The number of hydrogen-bond donors (Lipinski definition) is 2. The Labute approximate surface area is 124 Å². The zero-order chi connectivity index (χ0) is 15.1. The van der Waals surface area contributed by atoms with Crippen LogP contribution in [0.3, 0.4) is 0 Å². The number of aromatic nitrogens is 2. The average molecular weight is 294 g/mol. The van der Waals surface area contributed by atoms with E-state index in [9.17, 15) is 4.79 Å². The van der Waals surface area contributed by atoms with E-state index < -0.39 is 0 Å². The van der Waals surface area contributed by atoms with E-state index in [4.69, 9.17) is 9.47 Å². The molecule has 0 atom stereocenters. The molecule has 0 bridgehead atoms. The van der Waals surface area contributed by atoms with Gasteiger partial charge in [-0.15, -0.1) is 0 Å². The summed E-state index contributed by atoms with van der Waals surface area (Å²) in [5, 5.41) is 6.01. The van der Waals surface area contributed by atoms with Gasteiger partial charge in [0, 0.05) is 6.42 Å². The fourth-order valence-corrected chi connectivity index (χ4v) is 2.36. The molecule has 2 heterocycles. The molecule has 21 heavy (non-hydrogen) atoms. The van der Waals surface area contributed by atoms with E-state index in [0.717, 1.165) is 32.4 Å². The van der Waals surface area contributed by atoms with Crippen LogP contribution in [0.15, 0.2) is 6.07 Å². The number of hydrogen-bond acceptors (Lipinski definition) is 6. The lowest BCUT2D eigenvalue weighted by Crippen LogP contribution is -2.28. The second-order valence-electron chi connectivity index (χ2n) is 5.06. The maximum Gasteiger partial charge on any atom is 0.236 e. The summed E-state index contributed by atoms with van der Waals surface area (Å²) in [6.45, 7) is 2.09. The van der Waals surface area contributed by atoms with Gasteiger partial charge in [0.05, 0.1) is 20.3 Å². The van der Waals surface area contributed by atoms with Crippen molar-refractivity contribution in [2.24, 2.45) is 5.92 Å². The molecule has 1 aromatic rings. The van der Waals surface area contributed by atoms with Crippen LogP contribution in [0.1, 0.15) is 25.7 Å². The van der Waals surface area contributed by atoms with Gasteiger partial charge in [0.1, 0.15) is 0 Å². The summed E-state index contributed by atoms with van der Waals surface area (Å²) in [6.07, 6.45) is 3.65. The van der Waals surface area contributed by atoms with Gasteiger partial charge in [0.2, 0.25) is 23.6 Å². The van der Waals surface area contributed by atoms with Crippen molar-refractivity contribution in [2.75, 3.05) is 32.6 Å². The minimum Gasteiger partial charge on any atom is -0.481 e. The quantitative estimate of drug-likeness (QED) is 0.820. The Bertz CT molecular complexity index is 453. The molecule has 1 saturated heterocycles. The third-order valence-electron chi connectivity index (χ3n) is 3.59. The highest BCUT2D eigenvalue weighted by molar-refractivity contribution is 5.88. The third-order valence-corrected chi connectivity index (χ3v) is 3.59. The highest BCUT2D eigenvalue weighted by Crippen LogP contribution is 2.19. The molecule has 0 saturated carbocycles. The summed E-state index contributed by atoms with van der Waals surface area (Å²) in [4.78, 5) is 20.1. The van der Waals surface area contributed by atoms with Gasteiger partial charge < -0.3 is 14.8 Å². The van der Waals surface area contributed by atoms with Crippen LogP contribution in [0.2, 0.25) is 0 Å². The Kier molecular flexibility index (Phi) is 5.74. The molecule has 116 valence electrons. The van der Waals surface area contributed by atoms with Gasteiger partial charge >= 0.3 is 0 Å². The highest BCUT2D eigenvalue weighted by Gasteiger charge is 2.15. The molecule has 0 aromatic carbocycles. The maximum absolute atomic E-state index is 12.0. The van der Waals surface area contributed by atoms with E-state index in [-0.39, 0.29) is 11.9 Å². The Morgan fingerprint density at radius 2 is 1.90 bits per heavy atom. The van der Waals surface area contributed by atoms with Crippen LogP contribution in [0.4, 0.5) is 5.95 Å². The van der Waals surface area contributed by atoms with Gasteiger partial charge in [-0.2, -0.15) is 9.97 Å². The molecule has 1 amide bonds. The first-order valence-corrected chi connectivity index (χ1v) is 7.19. The summed E-state index contributed by atoms with van der Waals surface area (Å²) in [5.41, 5.74) is 0. The lowest BCUT2D eigenvalue weighted by molar-refractivity contribution is -0.116. The smallest absolute Gasteiger partial charge is 0.236 e. The summed E-state index contributed by atoms with van der Waals surface area (Å²) in [7, 11) is 3.01. The van der Waals surface area contributed by atoms with Crippen LogP contribution >= 0.6 is 0 Å². The third kappa shape index (κ3) is 4.86. The van der Waals surface area contributed by atoms with E-state index in [1.807, 2.05) is 0 Å². The van der Waals surface area contributed by atoms with Gasteiger partial charge in [0.25, 0.3) is 0 Å². The second kappa shape index (κ2) is 7.78. The van der Waals surface area contributed by atoms with Crippen molar-refractivity contribution in [1.29, 1.82) is 0 Å². The number of rotatable bonds is 6. The van der Waals surface area contributed by atoms with Crippen molar-refractivity contribution < 1.29 is 14.3 Å². The molecule has 7 heteroatoms. The van der Waals surface area contributed by atoms with E-state index in [1.165, 1.54) is 14.2 Å². The molecule has 2 rings (SSSR count). The van der Waals surface area contributed by atoms with E-state index in [2.05, 4.69) is 20.6 Å². The minimum atomic E-state index is -0.0798. The van der Waals surface area contributed by atoms with Crippen molar-refractivity contribution in [3.05, 3.63) is 6.07 Å². The largest absolute Gasteiger partial charge is 0.481 e. The van der Waals surface area contributed by atoms with E-state index in [0.29, 0.717) is 24.1 Å². The van der Waals surface area contributed by atoms with Crippen molar-refractivity contribution >= 4 is 11.9 Å². The Hall–Kier alpha value is -1.89. The Morgan fingerprint density at radius 1 is 1.29 bits per heavy atom. The molecule has 0 aliphatic carbocycles. The van der Waals surface area contributed by atoms with Crippen LogP contribution < -0.4 is 20.1 Å². The van der Waals surface area contributed by atoms with Crippen molar-refractivity contribution in [3.8, 4) is 11.8 Å². The van der Waals surface area contributed by atoms with Gasteiger partial charge in [0.15, 0.2) is 0 Å². The van der Waals surface area contributed by atoms with Crippen LogP contribution in [0, 0.1) is 5.92 Å². The average Bonchev–Trinajstić information content (AvgIpc) is 2.53. The van der Waals surface area contributed by atoms with Crippen molar-refractivity contribution in [2.45, 2.75) is 25.7 Å². The number of carbonyl (C=O) groups is 1. The molecule has 0 radical (unpaired) electrons. The second-order valence-corrected chi connectivity index (χ2v) is 5.06. The highest BCUT2D eigenvalue weighted by atomic mass is 16.5. The van der Waals surface area contributed by atoms with Crippen molar-refractivity contribution in [1.82, 2.24) is 15.3 Å². The monoisotopic (exact) mass is 294 g/mol. The fourth-order valence-electron chi connectivity index (χ4n) is 2.36. The van der Waals surface area contributed by atoms with Gasteiger partial charge in [-0.25, -0.2) is 0 Å². The number of nitrogens with zero attached hydrogens (tertiary/aromatic N) is 2. The van der Waals surface area contributed by atoms with Gasteiger partial charge in [-0.1, -0.05) is 0 Å². The molecular formula is C14H22N4O3. The minimum absolute atomic E-state index is 0.0798. The van der Waals surface area contributed by atoms with E-state index in [1.54, 1.807) is 6.07 Å². The molecule has 0 spiro atoms. The first-order chi connectivity index (χ1) is 10.2. The zero-order valence-corrected chi connectivity index (χ0v) is 12.5. The summed E-state index contributed by atoms with van der Waals surface area (Å²) in [6, 6.07) is 1.56. The molecule has 1 aromatic heterocycles. The molecule has 1 aliphatic rings. The van der Waals surface area contributed by atoms with Crippen molar-refractivity contribution in [3.63, 3.8) is 0 Å².